The van der Waals surface area contributed by atoms with Gasteiger partial charge in [0.1, 0.15) is 0 Å². The summed E-state index contributed by atoms with van der Waals surface area (Å²) in [5, 5.41) is 0. The number of aromatic nitrogens is 2. The van der Waals surface area contributed by atoms with Crippen LogP contribution in [0.25, 0.3) is 0 Å². The number of halogens is 4. The molecule has 4 nitrogen and oxygen atoms in total. The quantitative estimate of drug-likeness (QED) is 0.655. The van der Waals surface area contributed by atoms with Gasteiger partial charge in [-0.15, -0.1) is 0 Å². The van der Waals surface area contributed by atoms with Crippen molar-refractivity contribution >= 4 is 22.4 Å². The lowest BCUT2D eigenvalue weighted by molar-refractivity contribution is -0.137. The first kappa shape index (κ1) is 15.6. The summed E-state index contributed by atoms with van der Waals surface area (Å²) < 4.78 is 41.3. The molecule has 0 saturated carbocycles. The summed E-state index contributed by atoms with van der Waals surface area (Å²) in [5.41, 5.74) is 0.315. The maximum absolute atomic E-state index is 12.5. The van der Waals surface area contributed by atoms with Crippen LogP contribution in [0.5, 0.6) is 0 Å². The summed E-state index contributed by atoms with van der Waals surface area (Å²) in [6, 6.07) is 4.64. The Morgan fingerprint density at radius 1 is 1.29 bits per heavy atom. The standard InChI is InChI=1S/C13H10BrF3N2O2/c14-12(21-8-20,11-6-18-7-19-11)5-9-1-3-10(4-2-9)13(15,16)17/h1-4,6-8H,5H2,(H,18,19). The van der Waals surface area contributed by atoms with Gasteiger partial charge in [0.05, 0.1) is 23.8 Å². The van der Waals surface area contributed by atoms with Crippen molar-refractivity contribution in [2.45, 2.75) is 17.1 Å². The van der Waals surface area contributed by atoms with Gasteiger partial charge in [-0.1, -0.05) is 12.1 Å². The number of ether oxygens (including phenoxy) is 1. The van der Waals surface area contributed by atoms with Crippen molar-refractivity contribution in [3.05, 3.63) is 53.6 Å². The molecule has 0 spiro atoms. The number of alkyl halides is 4. The molecule has 112 valence electrons. The van der Waals surface area contributed by atoms with E-state index in [9.17, 15) is 18.0 Å². The molecule has 2 rings (SSSR count). The van der Waals surface area contributed by atoms with E-state index in [1.165, 1.54) is 24.7 Å². The van der Waals surface area contributed by atoms with Gasteiger partial charge in [0, 0.05) is 6.42 Å². The maximum Gasteiger partial charge on any atom is 0.416 e. The lowest BCUT2D eigenvalue weighted by Gasteiger charge is -2.24. The molecule has 1 heterocycles. The summed E-state index contributed by atoms with van der Waals surface area (Å²) in [6.45, 7) is 0.264. The van der Waals surface area contributed by atoms with Gasteiger partial charge in [-0.3, -0.25) is 4.79 Å². The topological polar surface area (TPSA) is 55.0 Å². The monoisotopic (exact) mass is 362 g/mol. The number of carbonyl (C=O) groups excluding carboxylic acids is 1. The molecule has 8 heteroatoms. The summed E-state index contributed by atoms with van der Waals surface area (Å²) in [6.07, 6.45) is -1.37. The van der Waals surface area contributed by atoms with Crippen LogP contribution in [0.2, 0.25) is 0 Å². The number of imidazole rings is 1. The molecule has 0 bridgehead atoms. The molecular weight excluding hydrogens is 353 g/mol. The van der Waals surface area contributed by atoms with Crippen molar-refractivity contribution in [1.82, 2.24) is 9.97 Å². The number of hydrogen-bond donors (Lipinski definition) is 1. The number of H-pyrrole nitrogens is 1. The maximum atomic E-state index is 12.5. The lowest BCUT2D eigenvalue weighted by atomic mass is 10.0. The highest BCUT2D eigenvalue weighted by Gasteiger charge is 2.34. The molecule has 1 aromatic carbocycles. The van der Waals surface area contributed by atoms with Crippen LogP contribution >= 0.6 is 15.9 Å². The van der Waals surface area contributed by atoms with E-state index in [0.29, 0.717) is 11.3 Å². The predicted octanol–water partition coefficient (Wildman–Crippen LogP) is 3.39. The van der Waals surface area contributed by atoms with E-state index in [1.807, 2.05) is 0 Å². The minimum Gasteiger partial charge on any atom is -0.443 e. The molecule has 0 aliphatic carbocycles. The Balaban J connectivity index is 2.24. The number of benzene rings is 1. The van der Waals surface area contributed by atoms with E-state index in [2.05, 4.69) is 25.9 Å². The van der Waals surface area contributed by atoms with Crippen LogP contribution in [0.1, 0.15) is 16.8 Å². The molecule has 0 aliphatic heterocycles. The summed E-state index contributed by atoms with van der Waals surface area (Å²) in [5.74, 6) is 0. The van der Waals surface area contributed by atoms with Crippen molar-refractivity contribution in [2.24, 2.45) is 0 Å². The predicted molar refractivity (Wildman–Crippen MR) is 71.5 cm³/mol. The van der Waals surface area contributed by atoms with Gasteiger partial charge in [0.2, 0.25) is 4.51 Å². The summed E-state index contributed by atoms with van der Waals surface area (Å²) in [4.78, 5) is 17.3. The molecule has 0 amide bonds. The second-order valence-corrected chi connectivity index (χ2v) is 5.56. The van der Waals surface area contributed by atoms with Crippen LogP contribution in [-0.2, 0) is 26.6 Å². The number of rotatable bonds is 5. The minimum atomic E-state index is -4.38. The number of nitrogens with zero attached hydrogens (tertiary/aromatic N) is 1. The van der Waals surface area contributed by atoms with E-state index < -0.39 is 16.3 Å². The highest BCUT2D eigenvalue weighted by atomic mass is 79.9. The summed E-state index contributed by atoms with van der Waals surface area (Å²) >= 11 is 3.28. The Hall–Kier alpha value is -1.83. The summed E-state index contributed by atoms with van der Waals surface area (Å²) in [7, 11) is 0. The SMILES string of the molecule is O=COC(Br)(Cc1ccc(C(F)(F)F)cc1)c1cnc[nH]1. The first-order valence-corrected chi connectivity index (χ1v) is 6.60. The van der Waals surface area contributed by atoms with Gasteiger partial charge < -0.3 is 9.72 Å². The lowest BCUT2D eigenvalue weighted by Crippen LogP contribution is -2.25. The normalized spacial score (nSPS) is 14.5. The van der Waals surface area contributed by atoms with Crippen molar-refractivity contribution in [1.29, 1.82) is 0 Å². The zero-order valence-electron chi connectivity index (χ0n) is 10.5. The Morgan fingerprint density at radius 3 is 2.43 bits per heavy atom. The molecule has 0 fully saturated rings. The average molecular weight is 363 g/mol. The fraction of sp³-hybridized carbons (Fsp3) is 0.231. The number of nitrogens with one attached hydrogen (secondary N) is 1. The largest absolute Gasteiger partial charge is 0.443 e. The highest BCUT2D eigenvalue weighted by molar-refractivity contribution is 9.09. The molecule has 0 saturated heterocycles. The van der Waals surface area contributed by atoms with Crippen molar-refractivity contribution in [3.63, 3.8) is 0 Å². The molecule has 1 aromatic heterocycles. The Labute approximate surface area is 126 Å². The highest BCUT2D eigenvalue weighted by Crippen LogP contribution is 2.35. The van der Waals surface area contributed by atoms with Crippen LogP contribution < -0.4 is 0 Å². The van der Waals surface area contributed by atoms with Crippen LogP contribution in [0.15, 0.2) is 36.8 Å². The van der Waals surface area contributed by atoms with Crippen molar-refractivity contribution in [3.8, 4) is 0 Å². The van der Waals surface area contributed by atoms with E-state index in [4.69, 9.17) is 4.74 Å². The number of hydrogen-bond acceptors (Lipinski definition) is 3. The molecule has 2 aromatic rings. The van der Waals surface area contributed by atoms with Gasteiger partial charge >= 0.3 is 6.18 Å². The van der Waals surface area contributed by atoms with E-state index >= 15 is 0 Å². The molecule has 0 aliphatic rings. The van der Waals surface area contributed by atoms with E-state index in [1.54, 1.807) is 0 Å². The minimum absolute atomic E-state index is 0.145. The second kappa shape index (κ2) is 5.88. The van der Waals surface area contributed by atoms with Crippen LogP contribution in [0, 0.1) is 0 Å². The first-order valence-electron chi connectivity index (χ1n) is 5.80. The van der Waals surface area contributed by atoms with Crippen molar-refractivity contribution < 1.29 is 22.7 Å². The van der Waals surface area contributed by atoms with E-state index in [0.717, 1.165) is 12.1 Å². The smallest absolute Gasteiger partial charge is 0.416 e. The molecule has 0 radical (unpaired) electrons. The van der Waals surface area contributed by atoms with Gasteiger partial charge in [0.15, 0.2) is 0 Å². The van der Waals surface area contributed by atoms with Crippen molar-refractivity contribution in [2.75, 3.05) is 0 Å². The van der Waals surface area contributed by atoms with E-state index in [-0.39, 0.29) is 12.9 Å². The van der Waals surface area contributed by atoms with Gasteiger partial charge in [0.25, 0.3) is 6.47 Å². The fourth-order valence-corrected chi connectivity index (χ4v) is 2.43. The average Bonchev–Trinajstić information content (AvgIpc) is 2.93. The Morgan fingerprint density at radius 2 is 1.95 bits per heavy atom. The van der Waals surface area contributed by atoms with Crippen LogP contribution in [0.4, 0.5) is 13.2 Å². The third-order valence-electron chi connectivity index (χ3n) is 2.85. The third-order valence-corrected chi connectivity index (χ3v) is 3.74. The molecule has 21 heavy (non-hydrogen) atoms. The second-order valence-electron chi connectivity index (χ2n) is 4.28. The van der Waals surface area contributed by atoms with Crippen LogP contribution in [-0.4, -0.2) is 16.4 Å². The fourth-order valence-electron chi connectivity index (χ4n) is 1.81. The third kappa shape index (κ3) is 3.63. The molecule has 1 N–H and O–H groups in total. The first-order chi connectivity index (χ1) is 9.85. The zero-order valence-corrected chi connectivity index (χ0v) is 12.1. The Bertz CT molecular complexity index is 599. The van der Waals surface area contributed by atoms with Gasteiger partial charge in [-0.05, 0) is 33.6 Å². The Kier molecular flexibility index (Phi) is 4.36. The zero-order chi connectivity index (χ0) is 15.5. The number of aromatic amines is 1. The number of carbonyl (C=O) groups is 1. The molecule has 1 unspecified atom stereocenters. The van der Waals surface area contributed by atoms with Gasteiger partial charge in [-0.25, -0.2) is 4.98 Å². The van der Waals surface area contributed by atoms with Crippen LogP contribution in [0.3, 0.4) is 0 Å². The van der Waals surface area contributed by atoms with Gasteiger partial charge in [-0.2, -0.15) is 13.2 Å². The molecular formula is C13H10BrF3N2O2. The molecule has 1 atom stereocenters.